The second-order valence-corrected chi connectivity index (χ2v) is 4.86. The molecule has 0 radical (unpaired) electrons. The molecule has 2 N–H and O–H groups in total. The summed E-state index contributed by atoms with van der Waals surface area (Å²) >= 11 is 0. The lowest BCUT2D eigenvalue weighted by Crippen LogP contribution is -2.42. The molecule has 1 aromatic rings. The average Bonchev–Trinajstić information content (AvgIpc) is 2.24. The first-order valence-electron chi connectivity index (χ1n) is 5.97. The molecule has 0 spiro atoms. The van der Waals surface area contributed by atoms with E-state index in [0.29, 0.717) is 0 Å². The number of carboxylic acid groups (broad SMARTS) is 1. The lowest BCUT2D eigenvalue weighted by molar-refractivity contribution is -0.140. The molecule has 1 aromatic carbocycles. The Balaban J connectivity index is 2.77. The molecule has 3 nitrogen and oxygen atoms in total. The quantitative estimate of drug-likeness (QED) is 0.825. The monoisotopic (exact) mass is 235 g/mol. The van der Waals surface area contributed by atoms with Crippen LogP contribution in [0.15, 0.2) is 24.3 Å². The van der Waals surface area contributed by atoms with Crippen LogP contribution in [0.25, 0.3) is 0 Å². The summed E-state index contributed by atoms with van der Waals surface area (Å²) in [4.78, 5) is 11.1. The van der Waals surface area contributed by atoms with Gasteiger partial charge in [-0.25, -0.2) is 0 Å². The second-order valence-electron chi connectivity index (χ2n) is 4.86. The molecule has 0 heterocycles. The van der Waals surface area contributed by atoms with Crippen molar-refractivity contribution in [1.29, 1.82) is 0 Å². The average molecular weight is 235 g/mol. The van der Waals surface area contributed by atoms with E-state index in [0.717, 1.165) is 5.56 Å². The number of hydrogen-bond donors (Lipinski definition) is 2. The minimum atomic E-state index is -0.792. The first-order chi connectivity index (χ1) is 7.91. The molecule has 0 saturated heterocycles. The highest BCUT2D eigenvalue weighted by Gasteiger charge is 2.23. The van der Waals surface area contributed by atoms with E-state index in [-0.39, 0.29) is 12.0 Å². The van der Waals surface area contributed by atoms with Crippen molar-refractivity contribution in [3.05, 3.63) is 35.4 Å². The summed E-state index contributed by atoms with van der Waals surface area (Å²) in [5.74, 6) is -0.723. The van der Waals surface area contributed by atoms with Gasteiger partial charge in [-0.15, -0.1) is 0 Å². The minimum Gasteiger partial charge on any atom is -0.480 e. The fraction of sp³-hybridized carbons (Fsp3) is 0.500. The summed E-state index contributed by atoms with van der Waals surface area (Å²) in [5, 5.41) is 12.3. The fourth-order valence-corrected chi connectivity index (χ4v) is 1.85. The van der Waals surface area contributed by atoms with Crippen molar-refractivity contribution in [3.63, 3.8) is 0 Å². The molecule has 0 aliphatic rings. The van der Waals surface area contributed by atoms with Gasteiger partial charge < -0.3 is 5.11 Å². The number of rotatable bonds is 5. The molecule has 2 atom stereocenters. The predicted molar refractivity (Wildman–Crippen MR) is 69.0 cm³/mol. The van der Waals surface area contributed by atoms with E-state index in [1.807, 2.05) is 45.9 Å². The zero-order valence-electron chi connectivity index (χ0n) is 10.9. The van der Waals surface area contributed by atoms with Crippen LogP contribution in [0.4, 0.5) is 0 Å². The maximum absolute atomic E-state index is 11.1. The number of carboxylic acids is 1. The molecule has 0 saturated carbocycles. The Labute approximate surface area is 103 Å². The van der Waals surface area contributed by atoms with Gasteiger partial charge in [0.05, 0.1) is 0 Å². The SMILES string of the molecule is Cc1cccc([C@H](C)NC(C(=O)O)C(C)C)c1. The zero-order valence-corrected chi connectivity index (χ0v) is 10.9. The number of carbonyl (C=O) groups is 1. The normalized spacial score (nSPS) is 14.6. The van der Waals surface area contributed by atoms with Crippen molar-refractivity contribution in [2.24, 2.45) is 5.92 Å². The number of aliphatic carboxylic acids is 1. The Kier molecular flexibility index (Phi) is 4.70. The van der Waals surface area contributed by atoms with Crippen molar-refractivity contribution in [2.45, 2.75) is 39.8 Å². The van der Waals surface area contributed by atoms with Gasteiger partial charge in [-0.3, -0.25) is 10.1 Å². The zero-order chi connectivity index (χ0) is 13.0. The molecular formula is C14H21NO2. The van der Waals surface area contributed by atoms with Crippen LogP contribution >= 0.6 is 0 Å². The molecule has 0 fully saturated rings. The summed E-state index contributed by atoms with van der Waals surface area (Å²) in [6, 6.07) is 7.66. The standard InChI is InChI=1S/C14H21NO2/c1-9(2)13(14(16)17)15-11(4)12-7-5-6-10(3)8-12/h5-9,11,13,15H,1-4H3,(H,16,17)/t11-,13?/m0/s1. The highest BCUT2D eigenvalue weighted by atomic mass is 16.4. The molecule has 0 amide bonds. The van der Waals surface area contributed by atoms with E-state index in [1.54, 1.807) is 0 Å². The van der Waals surface area contributed by atoms with Crippen LogP contribution in [0.1, 0.15) is 37.9 Å². The van der Waals surface area contributed by atoms with Gasteiger partial charge in [0.25, 0.3) is 0 Å². The van der Waals surface area contributed by atoms with Crippen molar-refractivity contribution < 1.29 is 9.90 Å². The first-order valence-corrected chi connectivity index (χ1v) is 5.97. The summed E-state index contributed by atoms with van der Waals surface area (Å²) in [7, 11) is 0. The van der Waals surface area contributed by atoms with E-state index in [2.05, 4.69) is 11.4 Å². The van der Waals surface area contributed by atoms with Crippen LogP contribution < -0.4 is 5.32 Å². The lowest BCUT2D eigenvalue weighted by atomic mass is 10.0. The molecule has 0 aliphatic heterocycles. The minimum absolute atomic E-state index is 0.0402. The smallest absolute Gasteiger partial charge is 0.320 e. The molecule has 1 unspecified atom stereocenters. The Morgan fingerprint density at radius 1 is 1.29 bits per heavy atom. The molecule has 0 aliphatic carbocycles. The Morgan fingerprint density at radius 3 is 2.41 bits per heavy atom. The molecule has 1 rings (SSSR count). The van der Waals surface area contributed by atoms with Gasteiger partial charge in [0.15, 0.2) is 0 Å². The van der Waals surface area contributed by atoms with Crippen LogP contribution in [-0.4, -0.2) is 17.1 Å². The van der Waals surface area contributed by atoms with Gasteiger partial charge in [0.2, 0.25) is 0 Å². The number of hydrogen-bond acceptors (Lipinski definition) is 2. The number of aryl methyl sites for hydroxylation is 1. The third-order valence-electron chi connectivity index (χ3n) is 2.90. The molecular weight excluding hydrogens is 214 g/mol. The van der Waals surface area contributed by atoms with Gasteiger partial charge in [-0.2, -0.15) is 0 Å². The fourth-order valence-electron chi connectivity index (χ4n) is 1.85. The van der Waals surface area contributed by atoms with Crippen LogP contribution in [0.3, 0.4) is 0 Å². The summed E-state index contributed by atoms with van der Waals surface area (Å²) < 4.78 is 0. The summed E-state index contributed by atoms with van der Waals surface area (Å²) in [6.45, 7) is 7.85. The van der Waals surface area contributed by atoms with Gasteiger partial charge in [-0.05, 0) is 25.3 Å². The van der Waals surface area contributed by atoms with Gasteiger partial charge in [0.1, 0.15) is 6.04 Å². The molecule has 17 heavy (non-hydrogen) atoms. The third-order valence-corrected chi connectivity index (χ3v) is 2.90. The van der Waals surface area contributed by atoms with E-state index in [9.17, 15) is 4.79 Å². The van der Waals surface area contributed by atoms with E-state index >= 15 is 0 Å². The van der Waals surface area contributed by atoms with Crippen LogP contribution in [-0.2, 0) is 4.79 Å². The van der Waals surface area contributed by atoms with Gasteiger partial charge in [-0.1, -0.05) is 43.7 Å². The van der Waals surface area contributed by atoms with E-state index in [4.69, 9.17) is 5.11 Å². The van der Waals surface area contributed by atoms with Gasteiger partial charge >= 0.3 is 5.97 Å². The summed E-state index contributed by atoms with van der Waals surface area (Å²) in [5.41, 5.74) is 2.31. The highest BCUT2D eigenvalue weighted by molar-refractivity contribution is 5.73. The van der Waals surface area contributed by atoms with Crippen LogP contribution in [0.2, 0.25) is 0 Å². The predicted octanol–water partition coefficient (Wildman–Crippen LogP) is 2.75. The number of nitrogens with one attached hydrogen (secondary N) is 1. The second kappa shape index (κ2) is 5.82. The van der Waals surface area contributed by atoms with Gasteiger partial charge in [0, 0.05) is 6.04 Å². The maximum Gasteiger partial charge on any atom is 0.320 e. The molecule has 3 heteroatoms. The van der Waals surface area contributed by atoms with Crippen molar-refractivity contribution in [3.8, 4) is 0 Å². The number of benzene rings is 1. The van der Waals surface area contributed by atoms with Crippen LogP contribution in [0.5, 0.6) is 0 Å². The summed E-state index contributed by atoms with van der Waals surface area (Å²) in [6.07, 6.45) is 0. The Hall–Kier alpha value is -1.35. The maximum atomic E-state index is 11.1. The Bertz CT molecular complexity index is 388. The van der Waals surface area contributed by atoms with Crippen LogP contribution in [0, 0.1) is 12.8 Å². The third kappa shape index (κ3) is 3.86. The molecule has 0 aromatic heterocycles. The first kappa shape index (κ1) is 13.7. The van der Waals surface area contributed by atoms with Crippen molar-refractivity contribution in [1.82, 2.24) is 5.32 Å². The Morgan fingerprint density at radius 2 is 1.94 bits per heavy atom. The van der Waals surface area contributed by atoms with Crippen molar-refractivity contribution in [2.75, 3.05) is 0 Å². The highest BCUT2D eigenvalue weighted by Crippen LogP contribution is 2.16. The van der Waals surface area contributed by atoms with E-state index < -0.39 is 12.0 Å². The molecule has 94 valence electrons. The van der Waals surface area contributed by atoms with E-state index in [1.165, 1.54) is 5.56 Å². The van der Waals surface area contributed by atoms with Crippen molar-refractivity contribution >= 4 is 5.97 Å². The molecule has 0 bridgehead atoms. The lowest BCUT2D eigenvalue weighted by Gasteiger charge is -2.23. The topological polar surface area (TPSA) is 49.3 Å². The largest absolute Gasteiger partial charge is 0.480 e.